The summed E-state index contributed by atoms with van der Waals surface area (Å²) in [5, 5.41) is 10.0. The van der Waals surface area contributed by atoms with Crippen LogP contribution in [0.15, 0.2) is 12.2 Å². The van der Waals surface area contributed by atoms with Gasteiger partial charge in [0, 0.05) is 18.7 Å². The van der Waals surface area contributed by atoms with Crippen LogP contribution in [0.4, 0.5) is 0 Å². The second-order valence-corrected chi connectivity index (χ2v) is 2.22. The fourth-order valence-corrected chi connectivity index (χ4v) is 0.874. The molecule has 0 spiro atoms. The van der Waals surface area contributed by atoms with Gasteiger partial charge in [0.2, 0.25) is 0 Å². The van der Waals surface area contributed by atoms with Crippen molar-refractivity contribution >= 4 is 11.8 Å². The molecule has 0 aromatic carbocycles. The lowest BCUT2D eigenvalue weighted by Crippen LogP contribution is -2.31. The van der Waals surface area contributed by atoms with Gasteiger partial charge in [0.1, 0.15) is 0 Å². The molecule has 0 atom stereocenters. The molecule has 1 radical (unpaired) electrons. The average molecular weight is 154 g/mol. The molecule has 4 heteroatoms. The zero-order valence-corrected chi connectivity index (χ0v) is 5.95. The molecule has 0 N–H and O–H groups in total. The van der Waals surface area contributed by atoms with Gasteiger partial charge in [-0.05, 0) is 6.42 Å². The van der Waals surface area contributed by atoms with Gasteiger partial charge < -0.3 is 0 Å². The van der Waals surface area contributed by atoms with Gasteiger partial charge in [-0.15, -0.1) is 0 Å². The van der Waals surface area contributed by atoms with E-state index in [0.717, 1.165) is 4.90 Å². The minimum absolute atomic E-state index is 0.244. The number of nitrogens with zero attached hydrogens (tertiary/aromatic N) is 1. The summed E-state index contributed by atoms with van der Waals surface area (Å²) in [5.74, 6) is -0.632. The van der Waals surface area contributed by atoms with Gasteiger partial charge in [-0.3, -0.25) is 14.5 Å². The lowest BCUT2D eigenvalue weighted by atomic mass is 10.4. The van der Waals surface area contributed by atoms with Crippen LogP contribution in [0.25, 0.3) is 0 Å². The number of rotatable bonds is 3. The van der Waals surface area contributed by atoms with E-state index in [1.165, 1.54) is 12.2 Å². The number of amides is 2. The number of carbonyl (C=O) groups excluding carboxylic acids is 2. The van der Waals surface area contributed by atoms with Crippen molar-refractivity contribution in [3.8, 4) is 0 Å². The first kappa shape index (κ1) is 7.94. The van der Waals surface area contributed by atoms with E-state index in [0.29, 0.717) is 6.42 Å². The summed E-state index contributed by atoms with van der Waals surface area (Å²) in [7, 11) is 0. The van der Waals surface area contributed by atoms with E-state index in [-0.39, 0.29) is 25.0 Å². The van der Waals surface area contributed by atoms with Crippen LogP contribution in [0.2, 0.25) is 0 Å². The van der Waals surface area contributed by atoms with Gasteiger partial charge >= 0.3 is 0 Å². The zero-order chi connectivity index (χ0) is 8.27. The molecule has 0 aromatic heterocycles. The molecule has 1 aliphatic rings. The van der Waals surface area contributed by atoms with Crippen molar-refractivity contribution in [3.05, 3.63) is 12.2 Å². The summed E-state index contributed by atoms with van der Waals surface area (Å²) in [4.78, 5) is 22.7. The zero-order valence-electron chi connectivity index (χ0n) is 5.95. The average Bonchev–Trinajstić information content (AvgIpc) is 2.29. The van der Waals surface area contributed by atoms with Crippen molar-refractivity contribution < 1.29 is 14.7 Å². The minimum atomic E-state index is -0.316. The molecular formula is C7H8NO3. The van der Waals surface area contributed by atoms with E-state index >= 15 is 0 Å². The van der Waals surface area contributed by atoms with Crippen molar-refractivity contribution in [1.29, 1.82) is 0 Å². The molecule has 0 aromatic rings. The van der Waals surface area contributed by atoms with Crippen LogP contribution in [-0.4, -0.2) is 29.9 Å². The van der Waals surface area contributed by atoms with Crippen molar-refractivity contribution in [2.75, 3.05) is 13.2 Å². The lowest BCUT2D eigenvalue weighted by Gasteiger charge is -2.11. The molecular weight excluding hydrogens is 146 g/mol. The third-order valence-electron chi connectivity index (χ3n) is 1.43. The van der Waals surface area contributed by atoms with Crippen LogP contribution in [0, 0.1) is 0 Å². The maximum atomic E-state index is 10.8. The molecule has 4 nitrogen and oxygen atoms in total. The van der Waals surface area contributed by atoms with Crippen LogP contribution >= 0.6 is 0 Å². The molecule has 1 heterocycles. The molecule has 0 fully saturated rings. The monoisotopic (exact) mass is 154 g/mol. The first-order valence-electron chi connectivity index (χ1n) is 3.37. The Balaban J connectivity index is 2.46. The van der Waals surface area contributed by atoms with Crippen molar-refractivity contribution in [2.45, 2.75) is 6.42 Å². The molecule has 1 aliphatic heterocycles. The highest BCUT2D eigenvalue weighted by Gasteiger charge is 2.21. The van der Waals surface area contributed by atoms with E-state index in [9.17, 15) is 14.7 Å². The number of hydrogen-bond acceptors (Lipinski definition) is 2. The highest BCUT2D eigenvalue weighted by atomic mass is 16.3. The molecule has 0 aliphatic carbocycles. The second-order valence-electron chi connectivity index (χ2n) is 2.22. The summed E-state index contributed by atoms with van der Waals surface area (Å²) in [6.45, 7) is -0.00870. The SMILES string of the molecule is [O]CCCN1C(=O)C=CC1=O. The first-order valence-corrected chi connectivity index (χ1v) is 3.37. The Bertz CT molecular complexity index is 192. The quantitative estimate of drug-likeness (QED) is 0.525. The number of hydrogen-bond donors (Lipinski definition) is 0. The summed E-state index contributed by atoms with van der Waals surface area (Å²) in [6, 6.07) is 0. The second kappa shape index (κ2) is 3.30. The summed E-state index contributed by atoms with van der Waals surface area (Å²) < 4.78 is 0. The Morgan fingerprint density at radius 1 is 1.18 bits per heavy atom. The molecule has 1 rings (SSSR count). The fourth-order valence-electron chi connectivity index (χ4n) is 0.874. The highest BCUT2D eigenvalue weighted by molar-refractivity contribution is 6.12. The van der Waals surface area contributed by atoms with Gasteiger partial charge in [0.25, 0.3) is 11.8 Å². The molecule has 0 saturated carbocycles. The third kappa shape index (κ3) is 1.65. The highest BCUT2D eigenvalue weighted by Crippen LogP contribution is 2.03. The number of imide groups is 1. The topological polar surface area (TPSA) is 57.3 Å². The first-order chi connectivity index (χ1) is 5.25. The molecule has 11 heavy (non-hydrogen) atoms. The van der Waals surface area contributed by atoms with Crippen LogP contribution in [0.5, 0.6) is 0 Å². The Kier molecular flexibility index (Phi) is 2.38. The largest absolute Gasteiger partial charge is 0.275 e. The van der Waals surface area contributed by atoms with Crippen LogP contribution in [-0.2, 0) is 14.7 Å². The fraction of sp³-hybridized carbons (Fsp3) is 0.429. The van der Waals surface area contributed by atoms with Crippen LogP contribution < -0.4 is 0 Å². The van der Waals surface area contributed by atoms with E-state index in [4.69, 9.17) is 0 Å². The molecule has 0 bridgehead atoms. The van der Waals surface area contributed by atoms with E-state index in [1.807, 2.05) is 0 Å². The smallest absolute Gasteiger partial charge is 0.253 e. The van der Waals surface area contributed by atoms with Crippen molar-refractivity contribution in [2.24, 2.45) is 0 Å². The predicted molar refractivity (Wildman–Crippen MR) is 36.0 cm³/mol. The van der Waals surface area contributed by atoms with E-state index < -0.39 is 0 Å². The van der Waals surface area contributed by atoms with Gasteiger partial charge in [-0.1, -0.05) is 0 Å². The Labute approximate surface area is 64.1 Å². The van der Waals surface area contributed by atoms with Gasteiger partial charge in [0.15, 0.2) is 0 Å². The van der Waals surface area contributed by atoms with Gasteiger partial charge in [-0.25, -0.2) is 5.11 Å². The van der Waals surface area contributed by atoms with E-state index in [1.54, 1.807) is 0 Å². The predicted octanol–water partition coefficient (Wildman–Crippen LogP) is -0.268. The summed E-state index contributed by atoms with van der Waals surface area (Å²) in [5.41, 5.74) is 0. The van der Waals surface area contributed by atoms with Crippen LogP contribution in [0.3, 0.4) is 0 Å². The summed E-state index contributed by atoms with van der Waals surface area (Å²) >= 11 is 0. The normalized spacial score (nSPS) is 16.6. The Morgan fingerprint density at radius 3 is 2.18 bits per heavy atom. The van der Waals surface area contributed by atoms with E-state index in [2.05, 4.69) is 0 Å². The van der Waals surface area contributed by atoms with Gasteiger partial charge in [-0.2, -0.15) is 0 Å². The third-order valence-corrected chi connectivity index (χ3v) is 1.43. The van der Waals surface area contributed by atoms with Crippen molar-refractivity contribution in [1.82, 2.24) is 4.90 Å². The molecule has 0 unspecified atom stereocenters. The maximum Gasteiger partial charge on any atom is 0.253 e. The number of carbonyl (C=O) groups is 2. The minimum Gasteiger partial charge on any atom is -0.275 e. The standard InChI is InChI=1S/C7H8NO3/c9-5-1-4-8-6(10)2-3-7(8)11/h2-3H,1,4-5H2. The Hall–Kier alpha value is -1.16. The molecule has 59 valence electrons. The maximum absolute atomic E-state index is 10.8. The summed E-state index contributed by atoms with van der Waals surface area (Å²) in [6.07, 6.45) is 2.76. The van der Waals surface area contributed by atoms with Crippen molar-refractivity contribution in [3.63, 3.8) is 0 Å². The molecule has 0 saturated heterocycles. The Morgan fingerprint density at radius 2 is 1.73 bits per heavy atom. The lowest BCUT2D eigenvalue weighted by molar-refractivity contribution is -0.136. The van der Waals surface area contributed by atoms with Gasteiger partial charge in [0.05, 0.1) is 6.61 Å². The van der Waals surface area contributed by atoms with Crippen LogP contribution in [0.1, 0.15) is 6.42 Å². The molecule has 2 amide bonds.